The lowest BCUT2D eigenvalue weighted by atomic mass is 9.78. The van der Waals surface area contributed by atoms with Crippen LogP contribution in [0.3, 0.4) is 0 Å². The van der Waals surface area contributed by atoms with Crippen molar-refractivity contribution in [2.75, 3.05) is 32.7 Å². The third-order valence-electron chi connectivity index (χ3n) is 5.78. The summed E-state index contributed by atoms with van der Waals surface area (Å²) in [6, 6.07) is 1.16. The van der Waals surface area contributed by atoms with Crippen LogP contribution in [-0.2, 0) is 4.79 Å². The summed E-state index contributed by atoms with van der Waals surface area (Å²) in [4.78, 5) is 17.0. The van der Waals surface area contributed by atoms with Crippen LogP contribution in [0.15, 0.2) is 0 Å². The molecule has 3 fully saturated rings. The molecule has 120 valence electrons. The third-order valence-corrected chi connectivity index (χ3v) is 5.78. The normalized spacial score (nSPS) is 38.3. The van der Waals surface area contributed by atoms with Gasteiger partial charge in [0.2, 0.25) is 0 Å². The quantitative estimate of drug-likeness (QED) is 0.814. The second kappa shape index (κ2) is 6.23. The lowest BCUT2D eigenvalue weighted by Crippen LogP contribution is -2.61. The van der Waals surface area contributed by atoms with Gasteiger partial charge in [0.1, 0.15) is 5.54 Å². The maximum atomic E-state index is 11.8. The average molecular weight is 295 g/mol. The van der Waals surface area contributed by atoms with E-state index in [0.717, 1.165) is 51.4 Å². The molecule has 0 radical (unpaired) electrons. The molecule has 2 saturated heterocycles. The Hall–Kier alpha value is -0.650. The number of hydrogen-bond donors (Lipinski definition) is 2. The maximum Gasteiger partial charge on any atom is 0.323 e. The fourth-order valence-electron chi connectivity index (χ4n) is 4.67. The Morgan fingerprint density at radius 2 is 1.95 bits per heavy atom. The van der Waals surface area contributed by atoms with Crippen molar-refractivity contribution in [1.82, 2.24) is 15.1 Å². The van der Waals surface area contributed by atoms with Gasteiger partial charge < -0.3 is 10.4 Å². The zero-order valence-electron chi connectivity index (χ0n) is 13.2. The Balaban J connectivity index is 1.66. The molecule has 2 heterocycles. The summed E-state index contributed by atoms with van der Waals surface area (Å²) in [5, 5.41) is 13.0. The van der Waals surface area contributed by atoms with E-state index in [1.54, 1.807) is 0 Å². The number of rotatable bonds is 4. The first kappa shape index (κ1) is 15.3. The van der Waals surface area contributed by atoms with E-state index < -0.39 is 11.5 Å². The van der Waals surface area contributed by atoms with Crippen molar-refractivity contribution in [2.24, 2.45) is 0 Å². The number of hydrogen-bond acceptors (Lipinski definition) is 4. The fourth-order valence-corrected chi connectivity index (χ4v) is 4.67. The second-order valence-corrected chi connectivity index (χ2v) is 6.99. The summed E-state index contributed by atoms with van der Waals surface area (Å²) in [5.41, 5.74) is -0.690. The van der Waals surface area contributed by atoms with Gasteiger partial charge in [-0.05, 0) is 51.6 Å². The van der Waals surface area contributed by atoms with E-state index in [9.17, 15) is 9.90 Å². The van der Waals surface area contributed by atoms with Gasteiger partial charge in [0.05, 0.1) is 0 Å². The van der Waals surface area contributed by atoms with Crippen LogP contribution in [0.1, 0.15) is 45.4 Å². The van der Waals surface area contributed by atoms with Crippen molar-refractivity contribution in [3.05, 3.63) is 0 Å². The Morgan fingerprint density at radius 1 is 1.19 bits per heavy atom. The van der Waals surface area contributed by atoms with Crippen molar-refractivity contribution in [1.29, 1.82) is 0 Å². The molecule has 0 amide bonds. The summed E-state index contributed by atoms with van der Waals surface area (Å²) in [7, 11) is 0. The molecule has 3 atom stereocenters. The van der Waals surface area contributed by atoms with Gasteiger partial charge >= 0.3 is 5.97 Å². The predicted octanol–water partition coefficient (Wildman–Crippen LogP) is 1.14. The van der Waals surface area contributed by atoms with Gasteiger partial charge in [0, 0.05) is 31.7 Å². The molecule has 2 aliphatic heterocycles. The van der Waals surface area contributed by atoms with E-state index >= 15 is 0 Å². The highest BCUT2D eigenvalue weighted by Crippen LogP contribution is 2.33. The van der Waals surface area contributed by atoms with Crippen LogP contribution < -0.4 is 5.32 Å². The van der Waals surface area contributed by atoms with Crippen LogP contribution in [0.25, 0.3) is 0 Å². The highest BCUT2D eigenvalue weighted by Gasteiger charge is 2.45. The van der Waals surface area contributed by atoms with Gasteiger partial charge in [-0.25, -0.2) is 0 Å². The molecule has 5 nitrogen and oxygen atoms in total. The summed E-state index contributed by atoms with van der Waals surface area (Å²) in [5.74, 6) is -0.659. The number of carboxylic acid groups (broad SMARTS) is 1. The highest BCUT2D eigenvalue weighted by molar-refractivity contribution is 5.79. The number of piperazine rings is 1. The Morgan fingerprint density at radius 3 is 2.71 bits per heavy atom. The molecule has 0 spiro atoms. The van der Waals surface area contributed by atoms with Crippen molar-refractivity contribution in [2.45, 2.75) is 63.1 Å². The van der Waals surface area contributed by atoms with Crippen LogP contribution in [0, 0.1) is 0 Å². The van der Waals surface area contributed by atoms with Crippen LogP contribution in [0.2, 0.25) is 0 Å². The first-order valence-corrected chi connectivity index (χ1v) is 8.61. The van der Waals surface area contributed by atoms with E-state index in [0.29, 0.717) is 6.04 Å². The monoisotopic (exact) mass is 295 g/mol. The molecule has 3 unspecified atom stereocenters. The lowest BCUT2D eigenvalue weighted by molar-refractivity contribution is -0.147. The van der Waals surface area contributed by atoms with Crippen molar-refractivity contribution < 1.29 is 9.90 Å². The summed E-state index contributed by atoms with van der Waals surface area (Å²) in [6.07, 6.45) is 6.38. The molecule has 0 aromatic heterocycles. The third kappa shape index (κ3) is 2.96. The number of aliphatic carboxylic acids is 1. The minimum atomic E-state index is -0.690. The van der Waals surface area contributed by atoms with E-state index in [1.807, 2.05) is 6.92 Å². The zero-order valence-corrected chi connectivity index (χ0v) is 13.2. The van der Waals surface area contributed by atoms with Crippen LogP contribution >= 0.6 is 0 Å². The number of carboxylic acids is 1. The molecule has 0 aromatic carbocycles. The van der Waals surface area contributed by atoms with Crippen molar-refractivity contribution >= 4 is 5.97 Å². The molecule has 5 heteroatoms. The van der Waals surface area contributed by atoms with Gasteiger partial charge in [-0.2, -0.15) is 0 Å². The summed E-state index contributed by atoms with van der Waals surface area (Å²) in [6.45, 7) is 7.43. The Labute approximate surface area is 127 Å². The largest absolute Gasteiger partial charge is 0.480 e. The maximum absolute atomic E-state index is 11.8. The standard InChI is InChI=1S/C16H29N3O2/c1-2-17-16(15(20)21)7-3-5-13(11-16)19-10-9-18-8-4-6-14(18)12-19/h13-14,17H,2-12H2,1H3,(H,20,21). The van der Waals surface area contributed by atoms with E-state index in [2.05, 4.69) is 15.1 Å². The van der Waals surface area contributed by atoms with E-state index in [-0.39, 0.29) is 0 Å². The topological polar surface area (TPSA) is 55.8 Å². The van der Waals surface area contributed by atoms with Crippen LogP contribution in [-0.4, -0.2) is 71.2 Å². The predicted molar refractivity (Wildman–Crippen MR) is 82.5 cm³/mol. The molecule has 2 N–H and O–H groups in total. The minimum Gasteiger partial charge on any atom is -0.480 e. The van der Waals surface area contributed by atoms with Gasteiger partial charge in [-0.3, -0.25) is 14.6 Å². The zero-order chi connectivity index (χ0) is 14.9. The van der Waals surface area contributed by atoms with Crippen molar-refractivity contribution in [3.8, 4) is 0 Å². The molecule has 0 bridgehead atoms. The molecule has 0 aromatic rings. The number of nitrogens with one attached hydrogen (secondary N) is 1. The minimum absolute atomic E-state index is 0.441. The van der Waals surface area contributed by atoms with E-state index in [4.69, 9.17) is 0 Å². The second-order valence-electron chi connectivity index (χ2n) is 6.99. The molecule has 1 aliphatic carbocycles. The van der Waals surface area contributed by atoms with Gasteiger partial charge in [0.25, 0.3) is 0 Å². The van der Waals surface area contributed by atoms with Gasteiger partial charge in [0.15, 0.2) is 0 Å². The van der Waals surface area contributed by atoms with Gasteiger partial charge in [-0.1, -0.05) is 6.92 Å². The van der Waals surface area contributed by atoms with Crippen molar-refractivity contribution in [3.63, 3.8) is 0 Å². The van der Waals surface area contributed by atoms with Crippen LogP contribution in [0.4, 0.5) is 0 Å². The molecular weight excluding hydrogens is 266 g/mol. The smallest absolute Gasteiger partial charge is 0.323 e. The molecule has 3 rings (SSSR count). The molecular formula is C16H29N3O2. The Bertz CT molecular complexity index is 386. The fraction of sp³-hybridized carbons (Fsp3) is 0.938. The number of fused-ring (bicyclic) bond motifs is 1. The SMILES string of the molecule is CCNC1(C(=O)O)CCCC(N2CCN3CCCC3C2)C1. The Kier molecular flexibility index (Phi) is 4.52. The average Bonchev–Trinajstić information content (AvgIpc) is 2.95. The van der Waals surface area contributed by atoms with Crippen LogP contribution in [0.5, 0.6) is 0 Å². The number of nitrogens with zero attached hydrogens (tertiary/aromatic N) is 2. The molecule has 3 aliphatic rings. The van der Waals surface area contributed by atoms with Gasteiger partial charge in [-0.15, -0.1) is 0 Å². The first-order chi connectivity index (χ1) is 10.1. The van der Waals surface area contributed by atoms with E-state index in [1.165, 1.54) is 25.9 Å². The number of likely N-dealkylation sites (N-methyl/N-ethyl adjacent to an activating group) is 1. The molecule has 21 heavy (non-hydrogen) atoms. The summed E-state index contributed by atoms with van der Waals surface area (Å²) >= 11 is 0. The summed E-state index contributed by atoms with van der Waals surface area (Å²) < 4.78 is 0. The first-order valence-electron chi connectivity index (χ1n) is 8.61. The lowest BCUT2D eigenvalue weighted by Gasteiger charge is -2.46. The number of carbonyl (C=O) groups is 1. The highest BCUT2D eigenvalue weighted by atomic mass is 16.4. The molecule has 1 saturated carbocycles.